The lowest BCUT2D eigenvalue weighted by molar-refractivity contribution is -0.115. The van der Waals surface area contributed by atoms with Gasteiger partial charge in [0, 0.05) is 23.1 Å². The summed E-state index contributed by atoms with van der Waals surface area (Å²) in [6.07, 6.45) is 1.80. The Morgan fingerprint density at radius 2 is 1.86 bits per heavy atom. The number of alkyl halides is 2. The maximum absolute atomic E-state index is 12.8. The number of carbonyl (C=O) groups excluding carboxylic acids is 1. The van der Waals surface area contributed by atoms with Crippen molar-refractivity contribution in [2.45, 2.75) is 20.0 Å². The number of anilines is 1. The van der Waals surface area contributed by atoms with Gasteiger partial charge in [0.1, 0.15) is 11.5 Å². The minimum Gasteiger partial charge on any atom is -0.497 e. The number of aromatic nitrogens is 1. The van der Waals surface area contributed by atoms with Gasteiger partial charge in [0.2, 0.25) is 5.91 Å². The van der Waals surface area contributed by atoms with Crippen LogP contribution in [-0.2, 0) is 11.2 Å². The minimum atomic E-state index is -2.96. The second-order valence-electron chi connectivity index (χ2n) is 6.35. The molecule has 5 nitrogen and oxygen atoms in total. The zero-order valence-electron chi connectivity index (χ0n) is 16.0. The van der Waals surface area contributed by atoms with E-state index in [2.05, 4.69) is 15.0 Å². The van der Waals surface area contributed by atoms with Crippen molar-refractivity contribution in [2.75, 3.05) is 12.4 Å². The summed E-state index contributed by atoms with van der Waals surface area (Å²) in [7, 11) is 1.54. The second-order valence-corrected chi connectivity index (χ2v) is 6.35. The molecular weight excluding hydrogens is 378 g/mol. The molecule has 0 aliphatic carbocycles. The molecule has 150 valence electrons. The van der Waals surface area contributed by atoms with Gasteiger partial charge in [-0.1, -0.05) is 18.2 Å². The molecule has 0 saturated carbocycles. The highest BCUT2D eigenvalue weighted by molar-refractivity contribution is 5.93. The van der Waals surface area contributed by atoms with Crippen molar-refractivity contribution in [1.82, 2.24) is 4.98 Å². The van der Waals surface area contributed by atoms with Crippen LogP contribution in [0.1, 0.15) is 11.3 Å². The monoisotopic (exact) mass is 398 g/mol. The number of pyridine rings is 1. The molecule has 3 aromatic rings. The lowest BCUT2D eigenvalue weighted by Crippen LogP contribution is -2.14. The Morgan fingerprint density at radius 1 is 1.10 bits per heavy atom. The largest absolute Gasteiger partial charge is 0.497 e. The fraction of sp³-hybridized carbons (Fsp3) is 0.182. The Hall–Kier alpha value is -3.48. The fourth-order valence-electron chi connectivity index (χ4n) is 2.80. The predicted molar refractivity (Wildman–Crippen MR) is 106 cm³/mol. The summed E-state index contributed by atoms with van der Waals surface area (Å²) >= 11 is 0. The number of halogens is 2. The van der Waals surface area contributed by atoms with Gasteiger partial charge < -0.3 is 14.8 Å². The van der Waals surface area contributed by atoms with Gasteiger partial charge in [0.05, 0.1) is 13.5 Å². The molecule has 0 unspecified atom stereocenters. The second kappa shape index (κ2) is 9.14. The average molecular weight is 398 g/mol. The molecule has 0 aliphatic heterocycles. The quantitative estimate of drug-likeness (QED) is 0.618. The zero-order chi connectivity index (χ0) is 20.8. The third-order valence-corrected chi connectivity index (χ3v) is 4.22. The van der Waals surface area contributed by atoms with Crippen LogP contribution >= 0.6 is 0 Å². The van der Waals surface area contributed by atoms with E-state index in [-0.39, 0.29) is 18.1 Å². The first-order chi connectivity index (χ1) is 13.9. The SMILES string of the molecule is COc1ccc(-c2cc(NC(=O)Cc3ccc(C)nc3)ccc2OC(F)F)cc1. The van der Waals surface area contributed by atoms with Gasteiger partial charge in [0.15, 0.2) is 0 Å². The highest BCUT2D eigenvalue weighted by atomic mass is 19.3. The van der Waals surface area contributed by atoms with Crippen molar-refractivity contribution in [1.29, 1.82) is 0 Å². The van der Waals surface area contributed by atoms with Crippen molar-refractivity contribution in [3.63, 3.8) is 0 Å². The standard InChI is InChI=1S/C22H20F2N2O3/c1-14-3-4-15(13-25-14)11-21(27)26-17-7-10-20(29-22(23)24)19(12-17)16-5-8-18(28-2)9-6-16/h3-10,12-13,22H,11H2,1-2H3,(H,26,27). The Labute approximate surface area is 167 Å². The number of ether oxygens (including phenoxy) is 2. The van der Waals surface area contributed by atoms with Crippen LogP contribution in [0.5, 0.6) is 11.5 Å². The predicted octanol–water partition coefficient (Wildman–Crippen LogP) is 4.85. The van der Waals surface area contributed by atoms with Gasteiger partial charge >= 0.3 is 6.61 Å². The number of carbonyl (C=O) groups is 1. The first-order valence-electron chi connectivity index (χ1n) is 8.89. The molecule has 1 heterocycles. The number of aryl methyl sites for hydroxylation is 1. The highest BCUT2D eigenvalue weighted by Gasteiger charge is 2.14. The third-order valence-electron chi connectivity index (χ3n) is 4.22. The Balaban J connectivity index is 1.83. The summed E-state index contributed by atoms with van der Waals surface area (Å²) in [5.41, 5.74) is 3.21. The summed E-state index contributed by atoms with van der Waals surface area (Å²) in [5, 5.41) is 2.78. The molecule has 0 bridgehead atoms. The van der Waals surface area contributed by atoms with Gasteiger partial charge in [-0.05, 0) is 54.4 Å². The van der Waals surface area contributed by atoms with Crippen LogP contribution in [0.2, 0.25) is 0 Å². The summed E-state index contributed by atoms with van der Waals surface area (Å²) in [6, 6.07) is 15.1. The van der Waals surface area contributed by atoms with Crippen LogP contribution in [0.25, 0.3) is 11.1 Å². The maximum atomic E-state index is 12.8. The molecule has 0 fully saturated rings. The van der Waals surface area contributed by atoms with Crippen LogP contribution in [0.4, 0.5) is 14.5 Å². The van der Waals surface area contributed by atoms with E-state index >= 15 is 0 Å². The van der Waals surface area contributed by atoms with E-state index in [1.165, 1.54) is 12.1 Å². The number of amides is 1. The molecule has 29 heavy (non-hydrogen) atoms. The fourth-order valence-corrected chi connectivity index (χ4v) is 2.80. The van der Waals surface area contributed by atoms with Crippen LogP contribution in [0.3, 0.4) is 0 Å². The molecule has 2 aromatic carbocycles. The first kappa shape index (κ1) is 20.3. The van der Waals surface area contributed by atoms with Crippen LogP contribution in [0.15, 0.2) is 60.8 Å². The molecule has 0 radical (unpaired) electrons. The van der Waals surface area contributed by atoms with E-state index in [0.29, 0.717) is 22.6 Å². The molecule has 1 amide bonds. The molecule has 7 heteroatoms. The number of nitrogens with one attached hydrogen (secondary N) is 1. The molecule has 1 N–H and O–H groups in total. The topological polar surface area (TPSA) is 60.5 Å². The van der Waals surface area contributed by atoms with E-state index < -0.39 is 6.61 Å². The zero-order valence-corrected chi connectivity index (χ0v) is 16.0. The number of hydrogen-bond acceptors (Lipinski definition) is 4. The average Bonchev–Trinajstić information content (AvgIpc) is 2.70. The number of hydrogen-bond donors (Lipinski definition) is 1. The molecule has 0 spiro atoms. The number of rotatable bonds is 7. The number of benzene rings is 2. The Bertz CT molecular complexity index is 974. The van der Waals surface area contributed by atoms with Crippen molar-refractivity contribution in [2.24, 2.45) is 0 Å². The number of nitrogens with zero attached hydrogens (tertiary/aromatic N) is 1. The van der Waals surface area contributed by atoms with Crippen LogP contribution in [0, 0.1) is 6.92 Å². The van der Waals surface area contributed by atoms with Crippen molar-refractivity contribution < 1.29 is 23.0 Å². The summed E-state index contributed by atoms with van der Waals surface area (Å²) < 4.78 is 35.4. The summed E-state index contributed by atoms with van der Waals surface area (Å²) in [5.74, 6) is 0.422. The van der Waals surface area contributed by atoms with E-state index in [1.54, 1.807) is 43.6 Å². The third kappa shape index (κ3) is 5.51. The lowest BCUT2D eigenvalue weighted by Gasteiger charge is -2.14. The normalized spacial score (nSPS) is 10.7. The summed E-state index contributed by atoms with van der Waals surface area (Å²) in [6.45, 7) is -1.09. The molecule has 0 atom stereocenters. The maximum Gasteiger partial charge on any atom is 0.387 e. The molecule has 0 saturated heterocycles. The van der Waals surface area contributed by atoms with Gasteiger partial charge in [-0.15, -0.1) is 0 Å². The van der Waals surface area contributed by atoms with Crippen molar-refractivity contribution in [3.8, 4) is 22.6 Å². The Kier molecular flexibility index (Phi) is 6.39. The van der Waals surface area contributed by atoms with Crippen LogP contribution < -0.4 is 14.8 Å². The van der Waals surface area contributed by atoms with E-state index in [9.17, 15) is 13.6 Å². The number of methoxy groups -OCH3 is 1. The van der Waals surface area contributed by atoms with Gasteiger partial charge in [0.25, 0.3) is 0 Å². The molecule has 0 aliphatic rings. The van der Waals surface area contributed by atoms with Crippen LogP contribution in [-0.4, -0.2) is 24.6 Å². The smallest absolute Gasteiger partial charge is 0.387 e. The molecule has 1 aromatic heterocycles. The summed E-state index contributed by atoms with van der Waals surface area (Å²) in [4.78, 5) is 16.5. The lowest BCUT2D eigenvalue weighted by atomic mass is 10.0. The van der Waals surface area contributed by atoms with Gasteiger partial charge in [-0.25, -0.2) is 0 Å². The highest BCUT2D eigenvalue weighted by Crippen LogP contribution is 2.34. The van der Waals surface area contributed by atoms with Crippen molar-refractivity contribution in [3.05, 3.63) is 72.1 Å². The van der Waals surface area contributed by atoms with Crippen molar-refractivity contribution >= 4 is 11.6 Å². The minimum absolute atomic E-state index is 0.0194. The van der Waals surface area contributed by atoms with Gasteiger partial charge in [-0.3, -0.25) is 9.78 Å². The van der Waals surface area contributed by atoms with E-state index in [0.717, 1.165) is 11.3 Å². The Morgan fingerprint density at radius 3 is 2.48 bits per heavy atom. The van der Waals surface area contributed by atoms with E-state index in [4.69, 9.17) is 4.74 Å². The molecule has 3 rings (SSSR count). The first-order valence-corrected chi connectivity index (χ1v) is 8.89. The van der Waals surface area contributed by atoms with E-state index in [1.807, 2.05) is 19.1 Å². The molecular formula is C22H20F2N2O3. The van der Waals surface area contributed by atoms with Gasteiger partial charge in [-0.2, -0.15) is 8.78 Å².